The molecule has 0 saturated heterocycles. The zero-order valence-electron chi connectivity index (χ0n) is 11.8. The van der Waals surface area contributed by atoms with Gasteiger partial charge in [0, 0.05) is 17.7 Å². The maximum Gasteiger partial charge on any atom is 0.167 e. The topological polar surface area (TPSA) is 52.3 Å². The van der Waals surface area contributed by atoms with Crippen LogP contribution in [0.15, 0.2) is 48.5 Å². The molecule has 0 heterocycles. The summed E-state index contributed by atoms with van der Waals surface area (Å²) < 4.78 is 5.56. The van der Waals surface area contributed by atoms with Gasteiger partial charge in [-0.2, -0.15) is 0 Å². The minimum Gasteiger partial charge on any atom is -0.491 e. The fourth-order valence-electron chi connectivity index (χ4n) is 1.98. The van der Waals surface area contributed by atoms with Crippen LogP contribution in [0.5, 0.6) is 5.75 Å². The Morgan fingerprint density at radius 1 is 1.15 bits per heavy atom. The number of rotatable bonds is 5. The molecule has 2 aromatic carbocycles. The van der Waals surface area contributed by atoms with Crippen LogP contribution in [0.25, 0.3) is 0 Å². The zero-order valence-corrected chi connectivity index (χ0v) is 11.8. The van der Waals surface area contributed by atoms with Gasteiger partial charge in [0.25, 0.3) is 0 Å². The first-order valence-electron chi connectivity index (χ1n) is 6.69. The van der Waals surface area contributed by atoms with Crippen molar-refractivity contribution < 1.29 is 9.53 Å². The Kier molecular flexibility index (Phi) is 4.41. The molecule has 0 amide bonds. The van der Waals surface area contributed by atoms with Crippen LogP contribution >= 0.6 is 0 Å². The molecule has 0 aliphatic heterocycles. The number of nitrogen functional groups attached to an aromatic ring is 1. The van der Waals surface area contributed by atoms with Crippen LogP contribution in [0.3, 0.4) is 0 Å². The SMILES string of the molecule is CC(C)Oc1ccc(C(=O)Cc2cccc(N)c2)cc1. The number of Topliss-reactive ketones (excluding diaryl/α,β-unsaturated/α-hetero) is 1. The van der Waals surface area contributed by atoms with E-state index < -0.39 is 0 Å². The van der Waals surface area contributed by atoms with E-state index in [2.05, 4.69) is 0 Å². The number of carbonyl (C=O) groups is 1. The molecule has 2 aromatic rings. The smallest absolute Gasteiger partial charge is 0.167 e. The number of benzene rings is 2. The van der Waals surface area contributed by atoms with E-state index in [0.717, 1.165) is 11.3 Å². The Hall–Kier alpha value is -2.29. The summed E-state index contributed by atoms with van der Waals surface area (Å²) in [6.07, 6.45) is 0.485. The van der Waals surface area contributed by atoms with Gasteiger partial charge in [-0.25, -0.2) is 0 Å². The first-order chi connectivity index (χ1) is 9.54. The van der Waals surface area contributed by atoms with E-state index in [1.807, 2.05) is 50.2 Å². The molecule has 2 rings (SSSR count). The highest BCUT2D eigenvalue weighted by Crippen LogP contribution is 2.16. The van der Waals surface area contributed by atoms with Crippen LogP contribution in [0.4, 0.5) is 5.69 Å². The average molecular weight is 269 g/mol. The summed E-state index contributed by atoms with van der Waals surface area (Å²) in [6.45, 7) is 3.94. The van der Waals surface area contributed by atoms with Crippen molar-refractivity contribution in [3.05, 3.63) is 59.7 Å². The summed E-state index contributed by atoms with van der Waals surface area (Å²) in [7, 11) is 0. The normalized spacial score (nSPS) is 10.6. The highest BCUT2D eigenvalue weighted by atomic mass is 16.5. The quantitative estimate of drug-likeness (QED) is 0.668. The average Bonchev–Trinajstić information content (AvgIpc) is 2.38. The van der Waals surface area contributed by atoms with Crippen LogP contribution in [-0.4, -0.2) is 11.9 Å². The Morgan fingerprint density at radius 2 is 1.85 bits per heavy atom. The van der Waals surface area contributed by atoms with Crippen molar-refractivity contribution in [3.8, 4) is 5.75 Å². The molecule has 104 valence electrons. The molecular formula is C17H19NO2. The lowest BCUT2D eigenvalue weighted by Crippen LogP contribution is -2.07. The summed E-state index contributed by atoms with van der Waals surface area (Å²) in [6, 6.07) is 14.7. The number of hydrogen-bond acceptors (Lipinski definition) is 3. The molecule has 0 aliphatic rings. The van der Waals surface area contributed by atoms with Crippen LogP contribution in [0, 0.1) is 0 Å². The molecule has 0 aromatic heterocycles. The van der Waals surface area contributed by atoms with Gasteiger partial charge in [-0.05, 0) is 55.8 Å². The predicted molar refractivity (Wildman–Crippen MR) is 81.1 cm³/mol. The second kappa shape index (κ2) is 6.24. The summed E-state index contributed by atoms with van der Waals surface area (Å²) in [5.74, 6) is 0.854. The first-order valence-corrected chi connectivity index (χ1v) is 6.69. The molecule has 0 fully saturated rings. The fraction of sp³-hybridized carbons (Fsp3) is 0.235. The Labute approximate surface area is 119 Å². The van der Waals surface area contributed by atoms with Crippen LogP contribution in [0.1, 0.15) is 29.8 Å². The van der Waals surface area contributed by atoms with Gasteiger partial charge in [-0.1, -0.05) is 12.1 Å². The van der Waals surface area contributed by atoms with Gasteiger partial charge < -0.3 is 10.5 Å². The van der Waals surface area contributed by atoms with Gasteiger partial charge in [0.05, 0.1) is 6.10 Å². The van der Waals surface area contributed by atoms with E-state index in [0.29, 0.717) is 17.7 Å². The minimum atomic E-state index is 0.0756. The predicted octanol–water partition coefficient (Wildman–Crippen LogP) is 3.48. The van der Waals surface area contributed by atoms with Gasteiger partial charge >= 0.3 is 0 Å². The highest BCUT2D eigenvalue weighted by Gasteiger charge is 2.08. The van der Waals surface area contributed by atoms with E-state index in [4.69, 9.17) is 10.5 Å². The van der Waals surface area contributed by atoms with E-state index in [1.54, 1.807) is 12.1 Å². The van der Waals surface area contributed by atoms with E-state index in [9.17, 15) is 4.79 Å². The van der Waals surface area contributed by atoms with Gasteiger partial charge in [-0.15, -0.1) is 0 Å². The zero-order chi connectivity index (χ0) is 14.5. The maximum atomic E-state index is 12.2. The second-order valence-corrected chi connectivity index (χ2v) is 5.04. The number of carbonyl (C=O) groups excluding carboxylic acids is 1. The van der Waals surface area contributed by atoms with Gasteiger partial charge in [0.15, 0.2) is 5.78 Å². The summed E-state index contributed by atoms with van der Waals surface area (Å²) in [5, 5.41) is 0. The summed E-state index contributed by atoms with van der Waals surface area (Å²) in [5.41, 5.74) is 8.00. The van der Waals surface area contributed by atoms with Crippen molar-refractivity contribution in [2.75, 3.05) is 5.73 Å². The molecule has 2 N–H and O–H groups in total. The van der Waals surface area contributed by atoms with Crippen molar-refractivity contribution in [2.45, 2.75) is 26.4 Å². The van der Waals surface area contributed by atoms with Crippen molar-refractivity contribution >= 4 is 11.5 Å². The molecule has 20 heavy (non-hydrogen) atoms. The number of hydrogen-bond donors (Lipinski definition) is 1. The Bertz CT molecular complexity index is 588. The lowest BCUT2D eigenvalue weighted by molar-refractivity contribution is 0.0993. The Morgan fingerprint density at radius 3 is 2.45 bits per heavy atom. The third-order valence-corrected chi connectivity index (χ3v) is 2.86. The third-order valence-electron chi connectivity index (χ3n) is 2.86. The van der Waals surface area contributed by atoms with Crippen molar-refractivity contribution in [3.63, 3.8) is 0 Å². The van der Waals surface area contributed by atoms with Crippen molar-refractivity contribution in [2.24, 2.45) is 0 Å². The molecule has 0 radical (unpaired) electrons. The molecule has 0 saturated carbocycles. The largest absolute Gasteiger partial charge is 0.491 e. The molecule has 0 bridgehead atoms. The fourth-order valence-corrected chi connectivity index (χ4v) is 1.98. The van der Waals surface area contributed by atoms with Crippen LogP contribution in [0.2, 0.25) is 0 Å². The van der Waals surface area contributed by atoms with Crippen LogP contribution < -0.4 is 10.5 Å². The van der Waals surface area contributed by atoms with Gasteiger partial charge in [0.2, 0.25) is 0 Å². The van der Waals surface area contributed by atoms with Crippen LogP contribution in [-0.2, 0) is 6.42 Å². The van der Waals surface area contributed by atoms with Crippen molar-refractivity contribution in [1.29, 1.82) is 0 Å². The molecule has 3 nitrogen and oxygen atoms in total. The lowest BCUT2D eigenvalue weighted by atomic mass is 10.0. The molecular weight excluding hydrogens is 250 g/mol. The summed E-state index contributed by atoms with van der Waals surface area (Å²) in [4.78, 5) is 12.2. The van der Waals surface area contributed by atoms with E-state index >= 15 is 0 Å². The number of anilines is 1. The third kappa shape index (κ3) is 3.85. The monoisotopic (exact) mass is 269 g/mol. The van der Waals surface area contributed by atoms with E-state index in [-0.39, 0.29) is 11.9 Å². The maximum absolute atomic E-state index is 12.2. The molecule has 0 atom stereocenters. The number of ketones is 1. The second-order valence-electron chi connectivity index (χ2n) is 5.04. The van der Waals surface area contributed by atoms with E-state index in [1.165, 1.54) is 0 Å². The van der Waals surface area contributed by atoms with Crippen molar-refractivity contribution in [1.82, 2.24) is 0 Å². The van der Waals surface area contributed by atoms with Gasteiger partial charge in [-0.3, -0.25) is 4.79 Å². The highest BCUT2D eigenvalue weighted by molar-refractivity contribution is 5.97. The molecule has 3 heteroatoms. The molecule has 0 unspecified atom stereocenters. The summed E-state index contributed by atoms with van der Waals surface area (Å²) >= 11 is 0. The molecule has 0 aliphatic carbocycles. The number of ether oxygens (including phenoxy) is 1. The standard InChI is InChI=1S/C17H19NO2/c1-12(2)20-16-8-6-14(7-9-16)17(19)11-13-4-3-5-15(18)10-13/h3-10,12H,11,18H2,1-2H3. The van der Waals surface area contributed by atoms with Gasteiger partial charge in [0.1, 0.15) is 5.75 Å². The first kappa shape index (κ1) is 14.1. The molecule has 0 spiro atoms. The minimum absolute atomic E-state index is 0.0756. The number of nitrogens with two attached hydrogens (primary N) is 1. The Balaban J connectivity index is 2.06. The lowest BCUT2D eigenvalue weighted by Gasteiger charge is -2.09.